The van der Waals surface area contributed by atoms with E-state index in [1.807, 2.05) is 11.8 Å². The van der Waals surface area contributed by atoms with Crippen LogP contribution in [0.3, 0.4) is 0 Å². The second-order valence-corrected chi connectivity index (χ2v) is 7.71. The van der Waals surface area contributed by atoms with Crippen molar-refractivity contribution in [2.45, 2.75) is 43.5 Å². The van der Waals surface area contributed by atoms with E-state index < -0.39 is 9.05 Å². The van der Waals surface area contributed by atoms with Gasteiger partial charge in [0.15, 0.2) is 0 Å². The number of amides is 1. The molecule has 7 heteroatoms. The van der Waals surface area contributed by atoms with Crippen LogP contribution < -0.4 is 0 Å². The topological polar surface area (TPSA) is 59.4 Å². The van der Waals surface area contributed by atoms with Gasteiger partial charge < -0.3 is 9.47 Å². The molecular weight excluding hydrogens is 300 g/mol. The molecule has 0 spiro atoms. The molecule has 20 heavy (non-hydrogen) atoms. The summed E-state index contributed by atoms with van der Waals surface area (Å²) in [7, 11) is 3.17. The predicted molar refractivity (Wildman–Crippen MR) is 77.4 cm³/mol. The fraction of sp³-hybridized carbons (Fsp3) is 0.615. The van der Waals surface area contributed by atoms with Gasteiger partial charge in [-0.25, -0.2) is 8.42 Å². The predicted octanol–water partition coefficient (Wildman–Crippen LogP) is 2.36. The zero-order valence-electron chi connectivity index (χ0n) is 11.7. The normalized spacial score (nSPS) is 16.6. The van der Waals surface area contributed by atoms with Gasteiger partial charge in [0, 0.05) is 36.5 Å². The van der Waals surface area contributed by atoms with Crippen LogP contribution in [0.15, 0.2) is 17.2 Å². The molecule has 1 aliphatic carbocycles. The minimum Gasteiger partial charge on any atom is -0.345 e. The highest BCUT2D eigenvalue weighted by Crippen LogP contribution is 2.26. The van der Waals surface area contributed by atoms with Gasteiger partial charge in [-0.1, -0.05) is 12.8 Å². The molecule has 0 aromatic carbocycles. The molecule has 0 atom stereocenters. The maximum atomic E-state index is 12.6. The lowest BCUT2D eigenvalue weighted by molar-refractivity contribution is 0.0683. The molecule has 0 bridgehead atoms. The molecule has 1 heterocycles. The summed E-state index contributed by atoms with van der Waals surface area (Å²) in [6.45, 7) is 2.57. The second-order valence-electron chi connectivity index (χ2n) is 5.14. The molecule has 0 aliphatic heterocycles. The van der Waals surface area contributed by atoms with Crippen LogP contribution >= 0.6 is 10.7 Å². The number of carbonyl (C=O) groups is 1. The maximum Gasteiger partial charge on any atom is 0.270 e. The van der Waals surface area contributed by atoms with Crippen LogP contribution in [0.2, 0.25) is 0 Å². The minimum absolute atomic E-state index is 0.0347. The number of rotatable bonds is 4. The quantitative estimate of drug-likeness (QED) is 0.801. The van der Waals surface area contributed by atoms with Gasteiger partial charge in [-0.15, -0.1) is 0 Å². The molecule has 1 aromatic rings. The minimum atomic E-state index is -3.81. The smallest absolute Gasteiger partial charge is 0.270 e. The highest BCUT2D eigenvalue weighted by Gasteiger charge is 2.28. The van der Waals surface area contributed by atoms with Crippen LogP contribution in [0.25, 0.3) is 0 Å². The molecule has 112 valence electrons. The number of hydrogen-bond acceptors (Lipinski definition) is 3. The molecule has 1 aliphatic rings. The van der Waals surface area contributed by atoms with Crippen molar-refractivity contribution in [2.24, 2.45) is 7.05 Å². The first-order valence-corrected chi connectivity index (χ1v) is 9.07. The van der Waals surface area contributed by atoms with Gasteiger partial charge in [0.2, 0.25) is 0 Å². The summed E-state index contributed by atoms with van der Waals surface area (Å²) >= 11 is 0. The summed E-state index contributed by atoms with van der Waals surface area (Å²) in [4.78, 5) is 14.4. The van der Waals surface area contributed by atoms with E-state index in [4.69, 9.17) is 10.7 Å². The molecule has 1 amide bonds. The fourth-order valence-electron chi connectivity index (χ4n) is 2.81. The Labute approximate surface area is 123 Å². The van der Waals surface area contributed by atoms with Gasteiger partial charge in [-0.3, -0.25) is 4.79 Å². The van der Waals surface area contributed by atoms with Crippen molar-refractivity contribution in [2.75, 3.05) is 6.54 Å². The summed E-state index contributed by atoms with van der Waals surface area (Å²) in [6.07, 6.45) is 5.69. The number of halogens is 1. The zero-order chi connectivity index (χ0) is 14.9. The lowest BCUT2D eigenvalue weighted by Crippen LogP contribution is -2.39. The molecule has 1 aromatic heterocycles. The maximum absolute atomic E-state index is 12.6. The highest BCUT2D eigenvalue weighted by atomic mass is 35.7. The van der Waals surface area contributed by atoms with E-state index in [0.29, 0.717) is 12.2 Å². The molecular formula is C13H19ClN2O3S. The van der Waals surface area contributed by atoms with Crippen molar-refractivity contribution in [3.8, 4) is 0 Å². The summed E-state index contributed by atoms with van der Waals surface area (Å²) in [5.74, 6) is -0.131. The van der Waals surface area contributed by atoms with Crippen LogP contribution in [0.5, 0.6) is 0 Å². The van der Waals surface area contributed by atoms with Gasteiger partial charge >= 0.3 is 0 Å². The number of aromatic nitrogens is 1. The Hall–Kier alpha value is -1.01. The number of aryl methyl sites for hydroxylation is 1. The van der Waals surface area contributed by atoms with Crippen molar-refractivity contribution < 1.29 is 13.2 Å². The molecule has 1 saturated carbocycles. The van der Waals surface area contributed by atoms with Crippen LogP contribution in [0.1, 0.15) is 43.1 Å². The first kappa shape index (κ1) is 15.4. The fourth-order valence-corrected chi connectivity index (χ4v) is 3.60. The van der Waals surface area contributed by atoms with Gasteiger partial charge in [-0.2, -0.15) is 0 Å². The third-order valence-corrected chi connectivity index (χ3v) is 5.17. The van der Waals surface area contributed by atoms with Gasteiger partial charge in [0.1, 0.15) is 10.6 Å². The summed E-state index contributed by atoms with van der Waals surface area (Å²) in [5.41, 5.74) is 0.359. The molecule has 0 N–H and O–H groups in total. The Morgan fingerprint density at radius 3 is 2.50 bits per heavy atom. The molecule has 2 rings (SSSR count). The Kier molecular flexibility index (Phi) is 4.44. The van der Waals surface area contributed by atoms with E-state index in [9.17, 15) is 13.2 Å². The molecule has 1 fully saturated rings. The van der Waals surface area contributed by atoms with Gasteiger partial charge in [-0.05, 0) is 25.8 Å². The van der Waals surface area contributed by atoms with Crippen molar-refractivity contribution in [3.05, 3.63) is 18.0 Å². The van der Waals surface area contributed by atoms with Crippen LogP contribution in [0, 0.1) is 0 Å². The molecule has 5 nitrogen and oxygen atoms in total. The van der Waals surface area contributed by atoms with E-state index in [2.05, 4.69) is 0 Å². The largest absolute Gasteiger partial charge is 0.345 e. The highest BCUT2D eigenvalue weighted by molar-refractivity contribution is 8.13. The van der Waals surface area contributed by atoms with Crippen molar-refractivity contribution >= 4 is 25.6 Å². The first-order chi connectivity index (χ1) is 9.34. The van der Waals surface area contributed by atoms with Crippen molar-refractivity contribution in [3.63, 3.8) is 0 Å². The van der Waals surface area contributed by atoms with Crippen LogP contribution in [-0.2, 0) is 16.1 Å². The lowest BCUT2D eigenvalue weighted by Gasteiger charge is -2.27. The van der Waals surface area contributed by atoms with Crippen LogP contribution in [-0.4, -0.2) is 36.4 Å². The Balaban J connectivity index is 2.30. The number of hydrogen-bond donors (Lipinski definition) is 0. The van der Waals surface area contributed by atoms with Crippen molar-refractivity contribution in [1.82, 2.24) is 9.47 Å². The zero-order valence-corrected chi connectivity index (χ0v) is 13.2. The monoisotopic (exact) mass is 318 g/mol. The average molecular weight is 319 g/mol. The van der Waals surface area contributed by atoms with Gasteiger partial charge in [0.25, 0.3) is 15.0 Å². The third-order valence-electron chi connectivity index (χ3n) is 3.85. The molecule has 0 unspecified atom stereocenters. The van der Waals surface area contributed by atoms with Crippen LogP contribution in [0.4, 0.5) is 0 Å². The first-order valence-electron chi connectivity index (χ1n) is 6.76. The van der Waals surface area contributed by atoms with E-state index in [-0.39, 0.29) is 16.8 Å². The summed E-state index contributed by atoms with van der Waals surface area (Å²) < 4.78 is 24.2. The SMILES string of the molecule is CCN(C(=O)c1cc(S(=O)(=O)Cl)cn1C)C1CCCC1. The summed E-state index contributed by atoms with van der Waals surface area (Å²) in [5, 5.41) is 0. The second kappa shape index (κ2) is 5.77. The Morgan fingerprint density at radius 1 is 1.45 bits per heavy atom. The molecule has 0 radical (unpaired) electrons. The third kappa shape index (κ3) is 3.01. The van der Waals surface area contributed by atoms with Crippen molar-refractivity contribution in [1.29, 1.82) is 0 Å². The Morgan fingerprint density at radius 2 is 2.05 bits per heavy atom. The van der Waals surface area contributed by atoms with E-state index in [1.165, 1.54) is 16.8 Å². The number of nitrogens with zero attached hydrogens (tertiary/aromatic N) is 2. The molecule has 0 saturated heterocycles. The average Bonchev–Trinajstić information content (AvgIpc) is 2.98. The van der Waals surface area contributed by atoms with E-state index >= 15 is 0 Å². The van der Waals surface area contributed by atoms with E-state index in [1.54, 1.807) is 7.05 Å². The van der Waals surface area contributed by atoms with Gasteiger partial charge in [0.05, 0.1) is 0 Å². The Bertz CT molecular complexity index is 603. The van der Waals surface area contributed by atoms with E-state index in [0.717, 1.165) is 25.7 Å². The lowest BCUT2D eigenvalue weighted by atomic mass is 10.2. The number of carbonyl (C=O) groups excluding carboxylic acids is 1. The standard InChI is InChI=1S/C13H19ClN2O3S/c1-3-16(10-6-4-5-7-10)13(17)12-8-11(9-15(12)2)20(14,18)19/h8-10H,3-7H2,1-2H3. The summed E-state index contributed by atoms with van der Waals surface area (Å²) in [6, 6.07) is 1.61.